The second-order valence-electron chi connectivity index (χ2n) is 5.12. The molecule has 2 heteroatoms. The van der Waals surface area contributed by atoms with E-state index in [1.807, 2.05) is 42.5 Å². The van der Waals surface area contributed by atoms with E-state index in [1.165, 1.54) is 19.1 Å². The van der Waals surface area contributed by atoms with Gasteiger partial charge in [-0.1, -0.05) is 56.2 Å². The van der Waals surface area contributed by atoms with Crippen LogP contribution in [0.3, 0.4) is 0 Å². The molecule has 0 radical (unpaired) electrons. The highest BCUT2D eigenvalue weighted by atomic mass is 19.1. The van der Waals surface area contributed by atoms with Crippen LogP contribution in [0.25, 0.3) is 22.4 Å². The van der Waals surface area contributed by atoms with Crippen LogP contribution in [0.2, 0.25) is 0 Å². The fraction of sp³-hybridized carbons (Fsp3) is 0.150. The van der Waals surface area contributed by atoms with Gasteiger partial charge in [0.2, 0.25) is 0 Å². The van der Waals surface area contributed by atoms with Crippen molar-refractivity contribution in [1.82, 2.24) is 4.98 Å². The Morgan fingerprint density at radius 3 is 2.45 bits per heavy atom. The SMILES string of the molecule is [2H]C([2H])([2H])C([2H])(C)c1cc(-c2ccc(-c3ccccc3)nc2)ccc1F. The van der Waals surface area contributed by atoms with E-state index >= 15 is 0 Å². The second-order valence-corrected chi connectivity index (χ2v) is 5.12. The molecule has 0 bridgehead atoms. The Labute approximate surface area is 136 Å². The van der Waals surface area contributed by atoms with Gasteiger partial charge in [0.15, 0.2) is 0 Å². The molecule has 0 saturated carbocycles. The lowest BCUT2D eigenvalue weighted by molar-refractivity contribution is 0.598. The highest BCUT2D eigenvalue weighted by Gasteiger charge is 2.09. The van der Waals surface area contributed by atoms with Gasteiger partial charge >= 0.3 is 0 Å². The first kappa shape index (κ1) is 10.3. The molecule has 0 fully saturated rings. The molecule has 0 N–H and O–H groups in total. The molecule has 1 aromatic heterocycles. The summed E-state index contributed by atoms with van der Waals surface area (Å²) in [6, 6.07) is 17.6. The molecule has 3 aromatic rings. The van der Waals surface area contributed by atoms with Gasteiger partial charge in [-0.05, 0) is 35.2 Å². The molecule has 0 aliphatic rings. The van der Waals surface area contributed by atoms with E-state index < -0.39 is 18.6 Å². The summed E-state index contributed by atoms with van der Waals surface area (Å²) in [5, 5.41) is 0. The molecule has 1 nitrogen and oxygen atoms in total. The molecule has 1 heterocycles. The molecule has 0 amide bonds. The lowest BCUT2D eigenvalue weighted by Crippen LogP contribution is -1.94. The number of halogens is 1. The summed E-state index contributed by atoms with van der Waals surface area (Å²) in [5.74, 6) is -2.74. The number of hydrogen-bond acceptors (Lipinski definition) is 1. The average Bonchev–Trinajstić information content (AvgIpc) is 2.62. The number of aromatic nitrogens is 1. The molecule has 3 rings (SSSR count). The van der Waals surface area contributed by atoms with Crippen LogP contribution >= 0.6 is 0 Å². The van der Waals surface area contributed by atoms with E-state index in [-0.39, 0.29) is 5.56 Å². The molecule has 110 valence electrons. The summed E-state index contributed by atoms with van der Waals surface area (Å²) >= 11 is 0. The molecule has 0 aliphatic heterocycles. The summed E-state index contributed by atoms with van der Waals surface area (Å²) in [6.07, 6.45) is 1.66. The van der Waals surface area contributed by atoms with Gasteiger partial charge in [-0.15, -0.1) is 0 Å². The molecular formula is C20H18FN. The normalized spacial score (nSPS) is 16.8. The van der Waals surface area contributed by atoms with Crippen LogP contribution in [-0.2, 0) is 0 Å². The van der Waals surface area contributed by atoms with Gasteiger partial charge in [-0.3, -0.25) is 4.98 Å². The Morgan fingerprint density at radius 2 is 1.77 bits per heavy atom. The van der Waals surface area contributed by atoms with Crippen molar-refractivity contribution < 1.29 is 9.87 Å². The van der Waals surface area contributed by atoms with E-state index in [0.29, 0.717) is 5.56 Å². The number of pyridine rings is 1. The fourth-order valence-corrected chi connectivity index (χ4v) is 2.34. The minimum atomic E-state index is -2.64. The second kappa shape index (κ2) is 6.10. The largest absolute Gasteiger partial charge is 0.256 e. The van der Waals surface area contributed by atoms with E-state index in [0.717, 1.165) is 16.8 Å². The van der Waals surface area contributed by atoms with Crippen molar-refractivity contribution in [2.45, 2.75) is 19.7 Å². The van der Waals surface area contributed by atoms with Crippen molar-refractivity contribution in [3.05, 3.63) is 78.2 Å². The average molecular weight is 295 g/mol. The Balaban J connectivity index is 1.99. The maximum atomic E-state index is 14.2. The summed E-state index contributed by atoms with van der Waals surface area (Å²) < 4.78 is 45.0. The van der Waals surface area contributed by atoms with Crippen molar-refractivity contribution >= 4 is 0 Å². The monoisotopic (exact) mass is 295 g/mol. The number of nitrogens with zero attached hydrogens (tertiary/aromatic N) is 1. The fourth-order valence-electron chi connectivity index (χ4n) is 2.34. The van der Waals surface area contributed by atoms with Crippen LogP contribution in [0.1, 0.15) is 30.7 Å². The molecule has 1 unspecified atom stereocenters. The Hall–Kier alpha value is -2.48. The van der Waals surface area contributed by atoms with Gasteiger partial charge in [-0.2, -0.15) is 0 Å². The zero-order valence-corrected chi connectivity index (χ0v) is 12.2. The topological polar surface area (TPSA) is 12.9 Å². The van der Waals surface area contributed by atoms with Crippen LogP contribution in [0.4, 0.5) is 4.39 Å². The van der Waals surface area contributed by atoms with Gasteiger partial charge in [0.05, 0.1) is 5.69 Å². The first-order valence-corrected chi connectivity index (χ1v) is 7.02. The van der Waals surface area contributed by atoms with Crippen molar-refractivity contribution in [3.8, 4) is 22.4 Å². The van der Waals surface area contributed by atoms with Gasteiger partial charge < -0.3 is 0 Å². The Kier molecular flexibility index (Phi) is 2.85. The zero-order chi connectivity index (χ0) is 18.9. The summed E-state index contributed by atoms with van der Waals surface area (Å²) in [7, 11) is 0. The third-order valence-electron chi connectivity index (χ3n) is 3.54. The molecule has 0 saturated heterocycles. The van der Waals surface area contributed by atoms with Crippen molar-refractivity contribution in [2.24, 2.45) is 0 Å². The smallest absolute Gasteiger partial charge is 0.126 e. The van der Waals surface area contributed by atoms with Crippen molar-refractivity contribution in [2.75, 3.05) is 0 Å². The standard InChI is InChI=1S/C20H18FN/c1-14(2)18-12-16(8-10-19(18)21)17-9-11-20(22-13-17)15-6-4-3-5-7-15/h3-14H,1-2H3/i1D3,14D. The van der Waals surface area contributed by atoms with Gasteiger partial charge in [0.1, 0.15) is 5.82 Å². The van der Waals surface area contributed by atoms with E-state index in [9.17, 15) is 4.39 Å². The van der Waals surface area contributed by atoms with Crippen molar-refractivity contribution in [1.29, 1.82) is 0 Å². The third-order valence-corrected chi connectivity index (χ3v) is 3.54. The molecule has 22 heavy (non-hydrogen) atoms. The van der Waals surface area contributed by atoms with E-state index in [4.69, 9.17) is 5.48 Å². The predicted molar refractivity (Wildman–Crippen MR) is 89.2 cm³/mol. The minimum absolute atomic E-state index is 0.151. The van der Waals surface area contributed by atoms with Crippen LogP contribution in [-0.4, -0.2) is 4.98 Å². The minimum Gasteiger partial charge on any atom is -0.256 e. The molecule has 2 aromatic carbocycles. The molecule has 1 atom stereocenters. The van der Waals surface area contributed by atoms with Gasteiger partial charge in [0, 0.05) is 22.8 Å². The lowest BCUT2D eigenvalue weighted by atomic mass is 9.97. The van der Waals surface area contributed by atoms with Crippen LogP contribution < -0.4 is 0 Å². The third kappa shape index (κ3) is 2.91. The van der Waals surface area contributed by atoms with Crippen LogP contribution in [0.5, 0.6) is 0 Å². The highest BCUT2D eigenvalue weighted by Crippen LogP contribution is 2.27. The van der Waals surface area contributed by atoms with Crippen molar-refractivity contribution in [3.63, 3.8) is 0 Å². The highest BCUT2D eigenvalue weighted by molar-refractivity contribution is 5.67. The number of benzene rings is 2. The Morgan fingerprint density at radius 1 is 1.00 bits per heavy atom. The van der Waals surface area contributed by atoms with E-state index in [2.05, 4.69) is 4.98 Å². The van der Waals surface area contributed by atoms with Gasteiger partial charge in [-0.25, -0.2) is 4.39 Å². The summed E-state index contributed by atoms with van der Waals surface area (Å²) in [6.45, 7) is -1.43. The predicted octanol–water partition coefficient (Wildman–Crippen LogP) is 5.68. The molecule has 0 aliphatic carbocycles. The summed E-state index contributed by atoms with van der Waals surface area (Å²) in [5.41, 5.74) is 3.00. The zero-order valence-electron chi connectivity index (χ0n) is 16.2. The van der Waals surface area contributed by atoms with Gasteiger partial charge in [0.25, 0.3) is 0 Å². The van der Waals surface area contributed by atoms with Crippen LogP contribution in [0, 0.1) is 5.82 Å². The molecular weight excluding hydrogens is 273 g/mol. The number of rotatable bonds is 3. The first-order chi connectivity index (χ1) is 12.2. The van der Waals surface area contributed by atoms with Crippen LogP contribution in [0.15, 0.2) is 66.9 Å². The number of hydrogen-bond donors (Lipinski definition) is 0. The van der Waals surface area contributed by atoms with E-state index in [1.54, 1.807) is 12.3 Å². The maximum absolute atomic E-state index is 14.2. The first-order valence-electron chi connectivity index (χ1n) is 9.02. The summed E-state index contributed by atoms with van der Waals surface area (Å²) in [4.78, 5) is 4.44. The lowest BCUT2D eigenvalue weighted by Gasteiger charge is -2.10. The maximum Gasteiger partial charge on any atom is 0.126 e. The molecule has 0 spiro atoms. The Bertz CT molecular complexity index is 903. The quantitative estimate of drug-likeness (QED) is 0.606.